The van der Waals surface area contributed by atoms with Crippen LogP contribution < -0.4 is 20.7 Å². The zero-order valence-corrected chi connectivity index (χ0v) is 29.0. The molecule has 2 fully saturated rings. The maximum atomic E-state index is 14.2. The van der Waals surface area contributed by atoms with E-state index in [1.165, 1.54) is 12.1 Å². The van der Waals surface area contributed by atoms with E-state index >= 15 is 0 Å². The third-order valence-electron chi connectivity index (χ3n) is 8.30. The van der Waals surface area contributed by atoms with Gasteiger partial charge in [-0.3, -0.25) is 0 Å². The Morgan fingerprint density at radius 2 is 1.79 bits per heavy atom. The van der Waals surface area contributed by atoms with E-state index in [1.54, 1.807) is 69.8 Å². The monoisotopic (exact) mass is 689 g/mol. The highest BCUT2D eigenvalue weighted by molar-refractivity contribution is 8.09. The molecule has 3 amide bonds. The largest absolute Gasteiger partial charge is 0.441 e. The highest BCUT2D eigenvalue weighted by atomic mass is 32.2. The number of carbonyl (C=O) groups is 2. The van der Waals surface area contributed by atoms with Crippen LogP contribution in [0.4, 0.5) is 19.7 Å². The Morgan fingerprint density at radius 3 is 2.43 bits per heavy atom. The fraction of sp³-hybridized carbons (Fsp3) is 0.515. The number of ether oxygens (including phenoxy) is 2. The Labute approximate surface area is 280 Å². The van der Waals surface area contributed by atoms with E-state index in [2.05, 4.69) is 25.6 Å². The molecule has 47 heavy (non-hydrogen) atoms. The Balaban J connectivity index is 1.28. The van der Waals surface area contributed by atoms with Crippen LogP contribution in [0.5, 0.6) is 0 Å². The number of hydrogen-bond acceptors (Lipinski definition) is 8. The first-order valence-corrected chi connectivity index (χ1v) is 18.2. The first-order valence-electron chi connectivity index (χ1n) is 15.8. The summed E-state index contributed by atoms with van der Waals surface area (Å²) in [5.41, 5.74) is 0.410. The van der Waals surface area contributed by atoms with Gasteiger partial charge >= 0.3 is 12.1 Å². The van der Waals surface area contributed by atoms with Crippen molar-refractivity contribution in [3.63, 3.8) is 0 Å². The quantitative estimate of drug-likeness (QED) is 0.261. The lowest BCUT2D eigenvalue weighted by molar-refractivity contribution is -0.0985. The second-order valence-corrected chi connectivity index (χ2v) is 16.2. The minimum atomic E-state index is -4.01. The minimum absolute atomic E-state index is 0.0449. The molecule has 5 rings (SSSR count). The van der Waals surface area contributed by atoms with Gasteiger partial charge in [0.15, 0.2) is 6.10 Å². The number of rotatable bonds is 9. The van der Waals surface area contributed by atoms with Gasteiger partial charge in [0.25, 0.3) is 0 Å². The number of nitrogens with one attached hydrogen (secondary N) is 4. The maximum Gasteiger partial charge on any atom is 0.407 e. The van der Waals surface area contributed by atoms with Crippen LogP contribution in [0.3, 0.4) is 0 Å². The summed E-state index contributed by atoms with van der Waals surface area (Å²) in [5.74, 6) is -0.0943. The third kappa shape index (κ3) is 8.98. The number of thioether (sulfide) groups is 1. The summed E-state index contributed by atoms with van der Waals surface area (Å²) >= 11 is 1.62. The van der Waals surface area contributed by atoms with E-state index in [0.717, 1.165) is 30.6 Å². The number of anilines is 1. The van der Waals surface area contributed by atoms with E-state index in [9.17, 15) is 22.4 Å². The van der Waals surface area contributed by atoms with Gasteiger partial charge in [-0.25, -0.2) is 27.1 Å². The van der Waals surface area contributed by atoms with Gasteiger partial charge in [-0.05, 0) is 77.5 Å². The van der Waals surface area contributed by atoms with Crippen LogP contribution in [-0.4, -0.2) is 68.8 Å². The first-order chi connectivity index (χ1) is 22.2. The number of benzene rings is 2. The van der Waals surface area contributed by atoms with Gasteiger partial charge in [-0.1, -0.05) is 36.0 Å². The summed E-state index contributed by atoms with van der Waals surface area (Å²) < 4.78 is 54.9. The number of carbonyl (C=O) groups excluding carboxylic acids is 2. The summed E-state index contributed by atoms with van der Waals surface area (Å²) in [5, 5.41) is 8.51. The number of amides is 3. The zero-order valence-electron chi connectivity index (χ0n) is 27.3. The molecule has 0 bridgehead atoms. The van der Waals surface area contributed by atoms with E-state index in [4.69, 9.17) is 9.47 Å². The lowest BCUT2D eigenvalue weighted by Gasteiger charge is -2.35. The number of sulfonamides is 1. The number of alkyl carbamates (subject to hydrolysis) is 1. The number of hydrogen-bond donors (Lipinski definition) is 4. The molecule has 2 aliphatic heterocycles. The normalized spacial score (nSPS) is 22.6. The van der Waals surface area contributed by atoms with Gasteiger partial charge in [0, 0.05) is 46.5 Å². The molecule has 256 valence electrons. The van der Waals surface area contributed by atoms with E-state index < -0.39 is 39.5 Å². The molecule has 14 heteroatoms. The topological polar surface area (TPSA) is 138 Å². The van der Waals surface area contributed by atoms with Gasteiger partial charge in [0.1, 0.15) is 5.82 Å². The van der Waals surface area contributed by atoms with Gasteiger partial charge in [0.2, 0.25) is 10.0 Å². The fourth-order valence-corrected chi connectivity index (χ4v) is 9.21. The van der Waals surface area contributed by atoms with Gasteiger partial charge < -0.3 is 30.3 Å². The number of urea groups is 1. The van der Waals surface area contributed by atoms with Gasteiger partial charge in [-0.2, -0.15) is 0 Å². The van der Waals surface area contributed by atoms with Crippen LogP contribution in [0.15, 0.2) is 53.6 Å². The van der Waals surface area contributed by atoms with E-state index in [-0.39, 0.29) is 28.1 Å². The number of nitrogens with zero attached hydrogens (tertiary/aromatic N) is 1. The van der Waals surface area contributed by atoms with Crippen molar-refractivity contribution in [3.8, 4) is 0 Å². The highest BCUT2D eigenvalue weighted by Crippen LogP contribution is 2.47. The first kappa shape index (κ1) is 35.0. The smallest absolute Gasteiger partial charge is 0.407 e. The molecule has 2 aromatic carbocycles. The van der Waals surface area contributed by atoms with Crippen molar-refractivity contribution >= 4 is 44.5 Å². The van der Waals surface area contributed by atoms with Crippen LogP contribution in [0.1, 0.15) is 70.5 Å². The SMILES string of the molecule is C[C@H](NC(=O)Nc1ccc(C2=CN(C)C(C3CCC(NC(=O)OC4COC4)CC3)S2)c(S(=O)(=O)NC(C)(C)C)c1)c1ccccc1F. The molecule has 1 saturated carbocycles. The Kier molecular flexibility index (Phi) is 10.7. The highest BCUT2D eigenvalue weighted by Gasteiger charge is 2.36. The molecule has 0 aromatic heterocycles. The average Bonchev–Trinajstić information content (AvgIpc) is 3.35. The van der Waals surface area contributed by atoms with Crippen LogP contribution >= 0.6 is 11.8 Å². The van der Waals surface area contributed by atoms with Crippen molar-refractivity contribution in [2.24, 2.45) is 5.92 Å². The molecule has 2 heterocycles. The predicted molar refractivity (Wildman–Crippen MR) is 181 cm³/mol. The Hall–Kier alpha value is -3.33. The third-order valence-corrected chi connectivity index (χ3v) is 11.6. The Morgan fingerprint density at radius 1 is 1.09 bits per heavy atom. The fourth-order valence-electron chi connectivity index (χ4n) is 6.00. The summed E-state index contributed by atoms with van der Waals surface area (Å²) in [4.78, 5) is 28.1. The molecular weight excluding hydrogens is 646 g/mol. The predicted octanol–water partition coefficient (Wildman–Crippen LogP) is 5.77. The second-order valence-electron chi connectivity index (χ2n) is 13.4. The molecule has 1 saturated heterocycles. The van der Waals surface area contributed by atoms with Crippen molar-refractivity contribution < 1.29 is 31.9 Å². The summed E-state index contributed by atoms with van der Waals surface area (Å²) in [7, 11) is -2.01. The summed E-state index contributed by atoms with van der Waals surface area (Å²) in [6, 6.07) is 9.87. The van der Waals surface area contributed by atoms with Crippen LogP contribution in [-0.2, 0) is 19.5 Å². The van der Waals surface area contributed by atoms with Crippen molar-refractivity contribution in [1.82, 2.24) is 20.3 Å². The molecule has 2 atom stereocenters. The van der Waals surface area contributed by atoms with Crippen molar-refractivity contribution in [2.75, 3.05) is 25.6 Å². The lowest BCUT2D eigenvalue weighted by Crippen LogP contribution is -2.45. The zero-order chi connectivity index (χ0) is 33.9. The van der Waals surface area contributed by atoms with Crippen LogP contribution in [0, 0.1) is 11.7 Å². The lowest BCUT2D eigenvalue weighted by atomic mass is 9.85. The number of halogens is 1. The van der Waals surface area contributed by atoms with Crippen LogP contribution in [0.2, 0.25) is 0 Å². The summed E-state index contributed by atoms with van der Waals surface area (Å²) in [6.07, 6.45) is 4.87. The molecule has 1 aliphatic carbocycles. The van der Waals surface area contributed by atoms with Crippen molar-refractivity contribution in [3.05, 3.63) is 65.6 Å². The van der Waals surface area contributed by atoms with Crippen LogP contribution in [0.25, 0.3) is 4.91 Å². The molecule has 0 spiro atoms. The Bertz CT molecular complexity index is 1600. The van der Waals surface area contributed by atoms with Crippen molar-refractivity contribution in [2.45, 2.75) is 87.4 Å². The maximum absolute atomic E-state index is 14.2. The molecule has 2 aromatic rings. The summed E-state index contributed by atoms with van der Waals surface area (Å²) in [6.45, 7) is 7.86. The molecule has 3 aliphatic rings. The molecule has 0 radical (unpaired) electrons. The molecular formula is C33H44FN5O6S2. The van der Waals surface area contributed by atoms with Gasteiger partial charge in [-0.15, -0.1) is 0 Å². The standard InChI is InChI=1S/C33H44FN5O6S2/c1-20(25-8-6-7-9-27(25)34)35-31(40)36-23-14-15-26(29(16-23)47(42,43)38-33(2,3)4)28-17-39(5)30(46-28)21-10-12-22(13-11-21)37-32(41)45-24-18-44-19-24/h6-9,14-17,20-22,24,30,38H,10-13,18-19H2,1-5H3,(H,37,41)(H2,35,36,40)/t20-,21?,22?,30?/m0/s1. The van der Waals surface area contributed by atoms with E-state index in [1.807, 2.05) is 13.2 Å². The van der Waals surface area contributed by atoms with Crippen molar-refractivity contribution in [1.29, 1.82) is 0 Å². The molecule has 4 N–H and O–H groups in total. The second kappa shape index (κ2) is 14.4. The molecule has 11 nitrogen and oxygen atoms in total. The van der Waals surface area contributed by atoms with E-state index in [0.29, 0.717) is 30.3 Å². The molecule has 1 unspecified atom stereocenters. The average molecular weight is 690 g/mol. The van der Waals surface area contributed by atoms with Gasteiger partial charge in [0.05, 0.1) is 29.5 Å². The minimum Gasteiger partial charge on any atom is -0.441 e.